The molecule has 6 heteroatoms. The zero-order chi connectivity index (χ0) is 19.1. The molecule has 2 aromatic carbocycles. The van der Waals surface area contributed by atoms with E-state index in [0.717, 1.165) is 23.4 Å². The molecular weight excluding hydrogens is 358 g/mol. The Balaban J connectivity index is 1.52. The minimum atomic E-state index is -0.189. The van der Waals surface area contributed by atoms with Gasteiger partial charge in [0.1, 0.15) is 0 Å². The van der Waals surface area contributed by atoms with Crippen LogP contribution in [-0.2, 0) is 17.6 Å². The predicted molar refractivity (Wildman–Crippen MR) is 109 cm³/mol. The number of amides is 2. The van der Waals surface area contributed by atoms with Gasteiger partial charge in [-0.25, -0.2) is 4.98 Å². The smallest absolute Gasteiger partial charge is 0.257 e. The van der Waals surface area contributed by atoms with Crippen LogP contribution in [-0.4, -0.2) is 16.8 Å². The van der Waals surface area contributed by atoms with Gasteiger partial charge in [-0.05, 0) is 36.6 Å². The number of benzene rings is 2. The molecule has 5 nitrogen and oxygen atoms in total. The summed E-state index contributed by atoms with van der Waals surface area (Å²) in [6.45, 7) is 2.06. The highest BCUT2D eigenvalue weighted by atomic mass is 32.1. The number of nitrogens with one attached hydrogen (secondary N) is 2. The van der Waals surface area contributed by atoms with Crippen LogP contribution in [0.4, 0.5) is 10.8 Å². The largest absolute Gasteiger partial charge is 0.326 e. The van der Waals surface area contributed by atoms with Gasteiger partial charge in [-0.2, -0.15) is 0 Å². The Morgan fingerprint density at radius 1 is 1.00 bits per heavy atom. The van der Waals surface area contributed by atoms with E-state index in [1.807, 2.05) is 47.8 Å². The summed E-state index contributed by atoms with van der Waals surface area (Å²) in [5, 5.41) is 8.15. The number of carbonyl (C=O) groups is 2. The van der Waals surface area contributed by atoms with Gasteiger partial charge in [0.05, 0.1) is 5.69 Å². The molecule has 2 amide bonds. The molecule has 0 aliphatic rings. The Morgan fingerprint density at radius 3 is 2.52 bits per heavy atom. The van der Waals surface area contributed by atoms with Gasteiger partial charge in [0, 0.05) is 23.1 Å². The van der Waals surface area contributed by atoms with Crippen LogP contribution in [0.2, 0.25) is 0 Å². The number of rotatable bonds is 7. The lowest BCUT2D eigenvalue weighted by Crippen LogP contribution is -2.14. The fourth-order valence-electron chi connectivity index (χ4n) is 2.64. The molecule has 0 bridgehead atoms. The summed E-state index contributed by atoms with van der Waals surface area (Å²) in [5.74, 6) is -0.232. The number of anilines is 2. The van der Waals surface area contributed by atoms with E-state index in [2.05, 4.69) is 22.5 Å². The number of aryl methyl sites for hydroxylation is 2. The van der Waals surface area contributed by atoms with Crippen molar-refractivity contribution in [2.24, 2.45) is 0 Å². The molecule has 0 fully saturated rings. The third kappa shape index (κ3) is 5.24. The Morgan fingerprint density at radius 2 is 1.74 bits per heavy atom. The quantitative estimate of drug-likeness (QED) is 0.634. The maximum Gasteiger partial charge on any atom is 0.257 e. The van der Waals surface area contributed by atoms with Crippen LogP contribution in [0.5, 0.6) is 0 Å². The summed E-state index contributed by atoms with van der Waals surface area (Å²) >= 11 is 1.36. The summed E-state index contributed by atoms with van der Waals surface area (Å²) in [5.41, 5.74) is 3.36. The lowest BCUT2D eigenvalue weighted by molar-refractivity contribution is -0.116. The predicted octanol–water partition coefficient (Wildman–Crippen LogP) is 4.53. The Hall–Kier alpha value is -2.99. The molecule has 0 unspecified atom stereocenters. The van der Waals surface area contributed by atoms with Gasteiger partial charge in [0.15, 0.2) is 5.13 Å². The second kappa shape index (κ2) is 9.09. The number of aromatic nitrogens is 1. The molecule has 3 rings (SSSR count). The maximum atomic E-state index is 12.2. The van der Waals surface area contributed by atoms with Gasteiger partial charge in [-0.3, -0.25) is 14.9 Å². The molecule has 138 valence electrons. The summed E-state index contributed by atoms with van der Waals surface area (Å²) < 4.78 is 0. The molecule has 0 saturated carbocycles. The highest BCUT2D eigenvalue weighted by molar-refractivity contribution is 7.14. The number of nitrogens with zero attached hydrogens (tertiary/aromatic N) is 1. The lowest BCUT2D eigenvalue weighted by atomic mass is 10.1. The molecule has 0 aliphatic carbocycles. The van der Waals surface area contributed by atoms with Crippen molar-refractivity contribution >= 4 is 34.0 Å². The Kier molecular flexibility index (Phi) is 6.33. The highest BCUT2D eigenvalue weighted by Crippen LogP contribution is 2.19. The molecule has 0 radical (unpaired) electrons. The fourth-order valence-corrected chi connectivity index (χ4v) is 3.38. The molecule has 0 spiro atoms. The first-order valence-corrected chi connectivity index (χ1v) is 9.72. The molecular formula is C21H21N3O2S. The number of thiazole rings is 1. The SMILES string of the molecule is CCc1ccccc1NC(=O)CCc1csc(NC(=O)c2ccccc2)n1. The molecule has 1 heterocycles. The van der Waals surface area contributed by atoms with E-state index in [4.69, 9.17) is 0 Å². The monoisotopic (exact) mass is 379 g/mol. The number of hydrogen-bond acceptors (Lipinski definition) is 4. The van der Waals surface area contributed by atoms with Crippen molar-refractivity contribution in [1.29, 1.82) is 0 Å². The standard InChI is InChI=1S/C21H21N3O2S/c1-2-15-8-6-7-11-18(15)23-19(25)13-12-17-14-27-21(22-17)24-20(26)16-9-4-3-5-10-16/h3-11,14H,2,12-13H2,1H3,(H,23,25)(H,22,24,26). The van der Waals surface area contributed by atoms with Crippen LogP contribution in [0.25, 0.3) is 0 Å². The van der Waals surface area contributed by atoms with Crippen LogP contribution in [0.3, 0.4) is 0 Å². The first-order valence-electron chi connectivity index (χ1n) is 8.84. The molecule has 1 aromatic heterocycles. The van der Waals surface area contributed by atoms with Crippen LogP contribution in [0.15, 0.2) is 60.0 Å². The van der Waals surface area contributed by atoms with E-state index >= 15 is 0 Å². The van der Waals surface area contributed by atoms with Crippen molar-refractivity contribution in [3.05, 3.63) is 76.8 Å². The van der Waals surface area contributed by atoms with E-state index < -0.39 is 0 Å². The van der Waals surface area contributed by atoms with E-state index in [-0.39, 0.29) is 11.8 Å². The number of carbonyl (C=O) groups excluding carboxylic acids is 2. The van der Waals surface area contributed by atoms with Gasteiger partial charge in [-0.1, -0.05) is 43.3 Å². The van der Waals surface area contributed by atoms with E-state index in [1.165, 1.54) is 11.3 Å². The fraction of sp³-hybridized carbons (Fsp3) is 0.190. The van der Waals surface area contributed by atoms with Crippen LogP contribution in [0, 0.1) is 0 Å². The zero-order valence-corrected chi connectivity index (χ0v) is 15.9. The first kappa shape index (κ1) is 18.8. The molecule has 3 aromatic rings. The van der Waals surface area contributed by atoms with Crippen molar-refractivity contribution in [2.45, 2.75) is 26.2 Å². The van der Waals surface area contributed by atoms with E-state index in [9.17, 15) is 9.59 Å². The highest BCUT2D eigenvalue weighted by Gasteiger charge is 2.10. The summed E-state index contributed by atoms with van der Waals surface area (Å²) in [6, 6.07) is 16.8. The maximum absolute atomic E-state index is 12.2. The molecule has 2 N–H and O–H groups in total. The molecule has 27 heavy (non-hydrogen) atoms. The van der Waals surface area contributed by atoms with Crippen LogP contribution < -0.4 is 10.6 Å². The first-order chi connectivity index (χ1) is 13.2. The lowest BCUT2D eigenvalue weighted by Gasteiger charge is -2.09. The third-order valence-corrected chi connectivity index (χ3v) is 4.90. The zero-order valence-electron chi connectivity index (χ0n) is 15.1. The van der Waals surface area contributed by atoms with Crippen molar-refractivity contribution in [1.82, 2.24) is 4.98 Å². The van der Waals surface area contributed by atoms with Gasteiger partial charge >= 0.3 is 0 Å². The molecule has 0 saturated heterocycles. The van der Waals surface area contributed by atoms with E-state index in [1.54, 1.807) is 12.1 Å². The molecule has 0 atom stereocenters. The normalized spacial score (nSPS) is 10.4. The van der Waals surface area contributed by atoms with Crippen molar-refractivity contribution in [2.75, 3.05) is 10.6 Å². The third-order valence-electron chi connectivity index (χ3n) is 4.09. The van der Waals surface area contributed by atoms with Crippen LogP contribution in [0.1, 0.15) is 35.0 Å². The van der Waals surface area contributed by atoms with Gasteiger partial charge in [0.25, 0.3) is 5.91 Å². The van der Waals surface area contributed by atoms with Gasteiger partial charge in [-0.15, -0.1) is 11.3 Å². The number of para-hydroxylation sites is 1. The summed E-state index contributed by atoms with van der Waals surface area (Å²) in [6.07, 6.45) is 1.73. The average Bonchev–Trinajstić information content (AvgIpc) is 3.15. The van der Waals surface area contributed by atoms with Crippen molar-refractivity contribution < 1.29 is 9.59 Å². The van der Waals surface area contributed by atoms with Gasteiger partial charge in [0.2, 0.25) is 5.91 Å². The second-order valence-corrected chi connectivity index (χ2v) is 6.88. The second-order valence-electron chi connectivity index (χ2n) is 6.02. The van der Waals surface area contributed by atoms with Crippen molar-refractivity contribution in [3.8, 4) is 0 Å². The van der Waals surface area contributed by atoms with E-state index in [0.29, 0.717) is 23.5 Å². The van der Waals surface area contributed by atoms with Gasteiger partial charge < -0.3 is 5.32 Å². The Bertz CT molecular complexity index is 922. The minimum absolute atomic E-state index is 0.0428. The summed E-state index contributed by atoms with van der Waals surface area (Å²) in [7, 11) is 0. The Labute approximate surface area is 162 Å². The molecule has 0 aliphatic heterocycles. The minimum Gasteiger partial charge on any atom is -0.326 e. The average molecular weight is 379 g/mol. The topological polar surface area (TPSA) is 71.1 Å². The van der Waals surface area contributed by atoms with Crippen molar-refractivity contribution in [3.63, 3.8) is 0 Å². The van der Waals surface area contributed by atoms with Crippen LogP contribution >= 0.6 is 11.3 Å². The summed E-state index contributed by atoms with van der Waals surface area (Å²) in [4.78, 5) is 28.8. The number of hydrogen-bond donors (Lipinski definition) is 2.